The van der Waals surface area contributed by atoms with Gasteiger partial charge in [0.25, 0.3) is 10.0 Å². The quantitative estimate of drug-likeness (QED) is 0.856. The smallest absolute Gasteiger partial charge is 0.262 e. The van der Waals surface area contributed by atoms with E-state index in [0.29, 0.717) is 0 Å². The van der Waals surface area contributed by atoms with Gasteiger partial charge in [0.05, 0.1) is 16.3 Å². The van der Waals surface area contributed by atoms with Crippen molar-refractivity contribution in [3.05, 3.63) is 53.6 Å². The number of sulfonamides is 1. The summed E-state index contributed by atoms with van der Waals surface area (Å²) in [6.45, 7) is 1.40. The van der Waals surface area contributed by atoms with Gasteiger partial charge < -0.3 is 5.73 Å². The summed E-state index contributed by atoms with van der Waals surface area (Å²) in [6.07, 6.45) is 0. The van der Waals surface area contributed by atoms with E-state index in [4.69, 9.17) is 5.73 Å². The zero-order valence-electron chi connectivity index (χ0n) is 10.5. The molecule has 0 aliphatic rings. The van der Waals surface area contributed by atoms with Crippen molar-refractivity contribution in [2.75, 3.05) is 10.5 Å². The summed E-state index contributed by atoms with van der Waals surface area (Å²) >= 11 is 0. The van der Waals surface area contributed by atoms with Crippen LogP contribution >= 0.6 is 0 Å². The largest absolute Gasteiger partial charge is 0.396 e. The second kappa shape index (κ2) is 5.09. The molecule has 7 heteroatoms. The van der Waals surface area contributed by atoms with Crippen LogP contribution in [0.15, 0.2) is 41.3 Å². The molecule has 0 saturated carbocycles. The molecule has 106 valence electrons. The standard InChI is InChI=1S/C13H12F2N2O2S/c1-8-6-9(7-11(16)13(8)15)20(18,19)17-12-5-3-2-4-10(12)14/h2-7,17H,16H2,1H3. The molecule has 0 fully saturated rings. The highest BCUT2D eigenvalue weighted by Crippen LogP contribution is 2.23. The molecule has 0 saturated heterocycles. The Morgan fingerprint density at radius 3 is 2.40 bits per heavy atom. The van der Waals surface area contributed by atoms with Crippen molar-refractivity contribution in [2.24, 2.45) is 0 Å². The number of nitrogen functional groups attached to an aromatic ring is 1. The summed E-state index contributed by atoms with van der Waals surface area (Å²) in [6, 6.07) is 7.47. The Morgan fingerprint density at radius 2 is 1.80 bits per heavy atom. The molecule has 0 amide bonds. The molecule has 0 bridgehead atoms. The van der Waals surface area contributed by atoms with Gasteiger partial charge in [0.2, 0.25) is 0 Å². The van der Waals surface area contributed by atoms with Crippen LogP contribution < -0.4 is 10.5 Å². The first-order chi connectivity index (χ1) is 9.31. The van der Waals surface area contributed by atoms with Crippen molar-refractivity contribution in [2.45, 2.75) is 11.8 Å². The highest BCUT2D eigenvalue weighted by atomic mass is 32.2. The Balaban J connectivity index is 2.44. The molecule has 4 nitrogen and oxygen atoms in total. The molecular weight excluding hydrogens is 286 g/mol. The van der Waals surface area contributed by atoms with Crippen LogP contribution in [0, 0.1) is 18.6 Å². The lowest BCUT2D eigenvalue weighted by Crippen LogP contribution is -2.15. The van der Waals surface area contributed by atoms with Gasteiger partial charge in [0.15, 0.2) is 0 Å². The van der Waals surface area contributed by atoms with Gasteiger partial charge in [-0.25, -0.2) is 17.2 Å². The first-order valence-electron chi connectivity index (χ1n) is 5.64. The maximum absolute atomic E-state index is 13.4. The third-order valence-electron chi connectivity index (χ3n) is 2.68. The molecule has 2 rings (SSSR count). The van der Waals surface area contributed by atoms with E-state index in [9.17, 15) is 17.2 Å². The number of rotatable bonds is 3. The van der Waals surface area contributed by atoms with Crippen LogP contribution in [0.1, 0.15) is 5.56 Å². The third-order valence-corrected chi connectivity index (χ3v) is 4.03. The van der Waals surface area contributed by atoms with Crippen molar-refractivity contribution >= 4 is 21.4 Å². The van der Waals surface area contributed by atoms with Crippen molar-refractivity contribution in [3.8, 4) is 0 Å². The summed E-state index contributed by atoms with van der Waals surface area (Å²) in [4.78, 5) is -0.225. The van der Waals surface area contributed by atoms with Gasteiger partial charge in [-0.3, -0.25) is 4.72 Å². The fourth-order valence-electron chi connectivity index (χ4n) is 1.67. The molecule has 0 radical (unpaired) electrons. The van der Waals surface area contributed by atoms with Gasteiger partial charge in [0, 0.05) is 0 Å². The van der Waals surface area contributed by atoms with Crippen molar-refractivity contribution in [3.63, 3.8) is 0 Å². The second-order valence-electron chi connectivity index (χ2n) is 4.23. The summed E-state index contributed by atoms with van der Waals surface area (Å²) in [5.41, 5.74) is 5.03. The Kier molecular flexibility index (Phi) is 3.63. The van der Waals surface area contributed by atoms with Gasteiger partial charge in [-0.1, -0.05) is 12.1 Å². The van der Waals surface area contributed by atoms with Crippen molar-refractivity contribution in [1.82, 2.24) is 0 Å². The van der Waals surface area contributed by atoms with Crippen LogP contribution in [-0.4, -0.2) is 8.42 Å². The Bertz CT molecular complexity index is 738. The predicted molar refractivity (Wildman–Crippen MR) is 72.8 cm³/mol. The molecule has 0 unspecified atom stereocenters. The normalized spacial score (nSPS) is 11.3. The predicted octanol–water partition coefficient (Wildman–Crippen LogP) is 2.66. The number of para-hydroxylation sites is 1. The van der Waals surface area contributed by atoms with Crippen LogP contribution in [0.2, 0.25) is 0 Å². The zero-order valence-corrected chi connectivity index (χ0v) is 11.3. The van der Waals surface area contributed by atoms with E-state index >= 15 is 0 Å². The zero-order chi connectivity index (χ0) is 14.9. The minimum absolute atomic E-state index is 0.0962. The molecule has 20 heavy (non-hydrogen) atoms. The lowest BCUT2D eigenvalue weighted by Gasteiger charge is -2.10. The molecule has 0 spiro atoms. The van der Waals surface area contributed by atoms with E-state index in [0.717, 1.165) is 18.2 Å². The van der Waals surface area contributed by atoms with Crippen molar-refractivity contribution < 1.29 is 17.2 Å². The molecule has 0 heterocycles. The van der Waals surface area contributed by atoms with Crippen LogP contribution in [0.25, 0.3) is 0 Å². The van der Waals surface area contributed by atoms with Crippen LogP contribution in [0.3, 0.4) is 0 Å². The van der Waals surface area contributed by atoms with E-state index < -0.39 is 21.7 Å². The molecular formula is C13H12F2N2O2S. The average Bonchev–Trinajstić information content (AvgIpc) is 2.38. The number of anilines is 2. The molecule has 3 N–H and O–H groups in total. The number of nitrogens with one attached hydrogen (secondary N) is 1. The molecule has 0 atom stereocenters. The number of benzene rings is 2. The van der Waals surface area contributed by atoms with Gasteiger partial charge >= 0.3 is 0 Å². The number of aryl methyl sites for hydroxylation is 1. The second-order valence-corrected chi connectivity index (χ2v) is 5.91. The first-order valence-corrected chi connectivity index (χ1v) is 7.12. The summed E-state index contributed by atoms with van der Waals surface area (Å²) in [5.74, 6) is -1.38. The minimum atomic E-state index is -4.03. The molecule has 0 aliphatic carbocycles. The third kappa shape index (κ3) is 2.72. The van der Waals surface area contributed by atoms with Gasteiger partial charge in [-0.15, -0.1) is 0 Å². The topological polar surface area (TPSA) is 72.2 Å². The van der Waals surface area contributed by atoms with Crippen LogP contribution in [-0.2, 0) is 10.0 Å². The lowest BCUT2D eigenvalue weighted by molar-refractivity contribution is 0.596. The number of halogens is 2. The summed E-state index contributed by atoms with van der Waals surface area (Å²) in [7, 11) is -4.03. The Labute approximate surface area is 115 Å². The van der Waals surface area contributed by atoms with E-state index in [1.807, 2.05) is 0 Å². The monoisotopic (exact) mass is 298 g/mol. The fraction of sp³-hybridized carbons (Fsp3) is 0.0769. The highest BCUT2D eigenvalue weighted by Gasteiger charge is 2.18. The number of nitrogens with two attached hydrogens (primary N) is 1. The molecule has 2 aromatic rings. The molecule has 0 aromatic heterocycles. The van der Waals surface area contributed by atoms with Gasteiger partial charge in [-0.2, -0.15) is 0 Å². The van der Waals surface area contributed by atoms with Crippen LogP contribution in [0.4, 0.5) is 20.2 Å². The fourth-order valence-corrected chi connectivity index (χ4v) is 2.85. The number of hydrogen-bond donors (Lipinski definition) is 2. The maximum atomic E-state index is 13.4. The number of hydrogen-bond acceptors (Lipinski definition) is 3. The minimum Gasteiger partial charge on any atom is -0.396 e. The summed E-state index contributed by atoms with van der Waals surface area (Å²) < 4.78 is 53.2. The molecule has 2 aromatic carbocycles. The van der Waals surface area contributed by atoms with Gasteiger partial charge in [-0.05, 0) is 36.8 Å². The lowest BCUT2D eigenvalue weighted by atomic mass is 10.2. The van der Waals surface area contributed by atoms with E-state index in [2.05, 4.69) is 4.72 Å². The average molecular weight is 298 g/mol. The van der Waals surface area contributed by atoms with E-state index in [1.165, 1.54) is 25.1 Å². The molecule has 0 aliphatic heterocycles. The Hall–Kier alpha value is -2.15. The summed E-state index contributed by atoms with van der Waals surface area (Å²) in [5, 5.41) is 0. The Morgan fingerprint density at radius 1 is 1.15 bits per heavy atom. The van der Waals surface area contributed by atoms with E-state index in [1.54, 1.807) is 0 Å². The first kappa shape index (κ1) is 14.3. The van der Waals surface area contributed by atoms with Gasteiger partial charge in [0.1, 0.15) is 11.6 Å². The SMILES string of the molecule is Cc1cc(S(=O)(=O)Nc2ccccc2F)cc(N)c1F. The van der Waals surface area contributed by atoms with E-state index in [-0.39, 0.29) is 21.8 Å². The van der Waals surface area contributed by atoms with Crippen LogP contribution in [0.5, 0.6) is 0 Å². The van der Waals surface area contributed by atoms with Crippen molar-refractivity contribution in [1.29, 1.82) is 0 Å². The maximum Gasteiger partial charge on any atom is 0.262 e. The highest BCUT2D eigenvalue weighted by molar-refractivity contribution is 7.92.